The van der Waals surface area contributed by atoms with Crippen molar-refractivity contribution in [2.45, 2.75) is 26.0 Å². The second-order valence-corrected chi connectivity index (χ2v) is 6.18. The molecule has 5 nitrogen and oxygen atoms in total. The maximum Gasteiger partial charge on any atom is 0.254 e. The van der Waals surface area contributed by atoms with Gasteiger partial charge in [-0.05, 0) is 18.1 Å². The van der Waals surface area contributed by atoms with Crippen molar-refractivity contribution in [2.24, 2.45) is 13.0 Å². The number of carbonyl (C=O) groups is 1. The minimum absolute atomic E-state index is 0.0734. The maximum absolute atomic E-state index is 14.1. The van der Waals surface area contributed by atoms with Crippen molar-refractivity contribution in [1.82, 2.24) is 15.1 Å². The molecule has 0 saturated carbocycles. The lowest BCUT2D eigenvalue weighted by Crippen LogP contribution is -2.35. The van der Waals surface area contributed by atoms with Gasteiger partial charge in [0.05, 0.1) is 12.2 Å². The third kappa shape index (κ3) is 4.09. The molecule has 124 valence electrons. The van der Waals surface area contributed by atoms with Crippen LogP contribution in [0.5, 0.6) is 0 Å². The zero-order chi connectivity index (χ0) is 17.1. The largest absolute Gasteiger partial charge is 0.378 e. The van der Waals surface area contributed by atoms with Crippen LogP contribution in [0, 0.1) is 11.7 Å². The Hall–Kier alpha value is -1.92. The Labute approximate surface area is 139 Å². The molecule has 23 heavy (non-hydrogen) atoms. The zero-order valence-electron chi connectivity index (χ0n) is 13.1. The van der Waals surface area contributed by atoms with E-state index in [0.717, 1.165) is 0 Å². The lowest BCUT2D eigenvalue weighted by Gasteiger charge is -2.24. The van der Waals surface area contributed by atoms with Crippen molar-refractivity contribution in [1.29, 1.82) is 0 Å². The summed E-state index contributed by atoms with van der Waals surface area (Å²) in [6, 6.07) is 3.74. The number of aromatic nitrogens is 2. The monoisotopic (exact) mass is 339 g/mol. The van der Waals surface area contributed by atoms with Crippen LogP contribution in [-0.2, 0) is 11.8 Å². The summed E-state index contributed by atoms with van der Waals surface area (Å²) in [5, 5.41) is 17.0. The summed E-state index contributed by atoms with van der Waals surface area (Å²) in [5.41, 5.74) is 0.709. The molecule has 0 radical (unpaired) electrons. The molecule has 2 atom stereocenters. The number of benzene rings is 1. The van der Waals surface area contributed by atoms with Gasteiger partial charge in [-0.15, -0.1) is 0 Å². The highest BCUT2D eigenvalue weighted by molar-refractivity contribution is 6.30. The quantitative estimate of drug-likeness (QED) is 0.880. The molecular formula is C16H19ClFN3O2. The molecule has 2 aromatic rings. The lowest BCUT2D eigenvalue weighted by atomic mass is 9.95. The number of nitrogens with zero attached hydrogens (tertiary/aromatic N) is 2. The van der Waals surface area contributed by atoms with Crippen LogP contribution in [0.25, 0.3) is 0 Å². The number of amides is 1. The van der Waals surface area contributed by atoms with Gasteiger partial charge in [0, 0.05) is 29.4 Å². The zero-order valence-corrected chi connectivity index (χ0v) is 13.9. The highest BCUT2D eigenvalue weighted by atomic mass is 35.5. The first-order valence-electron chi connectivity index (χ1n) is 7.21. The SMILES string of the molecule is CC(C)[C@H](NC(=O)[C@@H](O)c1cnn(C)c1)c1ccc(Cl)cc1F. The fourth-order valence-corrected chi connectivity index (χ4v) is 2.48. The topological polar surface area (TPSA) is 67.2 Å². The summed E-state index contributed by atoms with van der Waals surface area (Å²) >= 11 is 5.76. The predicted octanol–water partition coefficient (Wildman–Crippen LogP) is 2.76. The van der Waals surface area contributed by atoms with Gasteiger partial charge in [-0.1, -0.05) is 31.5 Å². The van der Waals surface area contributed by atoms with Crippen LogP contribution in [0.1, 0.15) is 37.1 Å². The maximum atomic E-state index is 14.1. The molecule has 0 aliphatic heterocycles. The van der Waals surface area contributed by atoms with Gasteiger partial charge in [-0.25, -0.2) is 4.39 Å². The van der Waals surface area contributed by atoms with Crippen LogP contribution in [0.2, 0.25) is 5.02 Å². The predicted molar refractivity (Wildman–Crippen MR) is 85.3 cm³/mol. The molecule has 2 rings (SSSR count). The van der Waals surface area contributed by atoms with Crippen molar-refractivity contribution in [3.63, 3.8) is 0 Å². The number of nitrogens with one attached hydrogen (secondary N) is 1. The van der Waals surface area contributed by atoms with E-state index in [9.17, 15) is 14.3 Å². The van der Waals surface area contributed by atoms with Crippen LogP contribution in [-0.4, -0.2) is 20.8 Å². The van der Waals surface area contributed by atoms with Crippen LogP contribution in [0.3, 0.4) is 0 Å². The van der Waals surface area contributed by atoms with Crippen molar-refractivity contribution < 1.29 is 14.3 Å². The van der Waals surface area contributed by atoms with Crippen molar-refractivity contribution in [3.05, 3.63) is 52.6 Å². The summed E-state index contributed by atoms with van der Waals surface area (Å²) in [6.45, 7) is 3.71. The molecule has 7 heteroatoms. The van der Waals surface area contributed by atoms with Crippen LogP contribution in [0.15, 0.2) is 30.6 Å². The molecule has 0 unspecified atom stereocenters. The molecule has 2 N–H and O–H groups in total. The molecule has 0 spiro atoms. The molecule has 0 aliphatic rings. The first-order chi connectivity index (χ1) is 10.8. The second-order valence-electron chi connectivity index (χ2n) is 5.75. The molecule has 0 fully saturated rings. The Morgan fingerprint density at radius 3 is 2.65 bits per heavy atom. The van der Waals surface area contributed by atoms with Gasteiger partial charge in [0.15, 0.2) is 6.10 Å². The standard InChI is InChI=1S/C16H19ClFN3O2/c1-9(2)14(12-5-4-11(17)6-13(12)18)20-16(23)15(22)10-7-19-21(3)8-10/h4-9,14-15,22H,1-3H3,(H,20,23)/t14-,15-/m0/s1. The van der Waals surface area contributed by atoms with E-state index in [4.69, 9.17) is 11.6 Å². The fraction of sp³-hybridized carbons (Fsp3) is 0.375. The molecule has 0 aliphatic carbocycles. The highest BCUT2D eigenvalue weighted by Gasteiger charge is 2.26. The van der Waals surface area contributed by atoms with E-state index in [1.165, 1.54) is 16.9 Å². The molecular weight excluding hydrogens is 321 g/mol. The van der Waals surface area contributed by atoms with Gasteiger partial charge in [-0.2, -0.15) is 5.10 Å². The summed E-state index contributed by atoms with van der Waals surface area (Å²) in [6.07, 6.45) is 1.61. The number of halogens is 2. The van der Waals surface area contributed by atoms with Crippen LogP contribution in [0.4, 0.5) is 4.39 Å². The number of aliphatic hydroxyl groups is 1. The third-order valence-corrected chi connectivity index (χ3v) is 3.79. The molecule has 1 aromatic heterocycles. The smallest absolute Gasteiger partial charge is 0.254 e. The molecule has 0 bridgehead atoms. The van der Waals surface area contributed by atoms with Gasteiger partial charge in [-0.3, -0.25) is 9.48 Å². The number of aryl methyl sites for hydroxylation is 1. The van der Waals surface area contributed by atoms with E-state index >= 15 is 0 Å². The Morgan fingerprint density at radius 1 is 1.43 bits per heavy atom. The summed E-state index contributed by atoms with van der Waals surface area (Å²) in [5.74, 6) is -1.17. The van der Waals surface area contributed by atoms with E-state index < -0.39 is 23.9 Å². The first-order valence-corrected chi connectivity index (χ1v) is 7.59. The molecule has 1 aromatic carbocycles. The van der Waals surface area contributed by atoms with Gasteiger partial charge < -0.3 is 10.4 Å². The Bertz CT molecular complexity index is 702. The minimum Gasteiger partial charge on any atom is -0.378 e. The van der Waals surface area contributed by atoms with E-state index in [-0.39, 0.29) is 10.9 Å². The molecule has 1 heterocycles. The average molecular weight is 340 g/mol. The minimum atomic E-state index is -1.36. The molecule has 0 saturated heterocycles. The second kappa shape index (κ2) is 7.10. The van der Waals surface area contributed by atoms with Gasteiger partial charge in [0.25, 0.3) is 5.91 Å². The van der Waals surface area contributed by atoms with Crippen LogP contribution >= 0.6 is 11.6 Å². The van der Waals surface area contributed by atoms with Crippen molar-refractivity contribution >= 4 is 17.5 Å². The van der Waals surface area contributed by atoms with E-state index in [0.29, 0.717) is 11.1 Å². The summed E-state index contributed by atoms with van der Waals surface area (Å²) in [7, 11) is 1.69. The normalized spacial score (nSPS) is 13.9. The van der Waals surface area contributed by atoms with Crippen LogP contribution < -0.4 is 5.32 Å². The Balaban J connectivity index is 2.20. The summed E-state index contributed by atoms with van der Waals surface area (Å²) in [4.78, 5) is 12.3. The van der Waals surface area contributed by atoms with Gasteiger partial charge in [0.1, 0.15) is 5.82 Å². The molecule has 1 amide bonds. The lowest BCUT2D eigenvalue weighted by molar-refractivity contribution is -0.130. The van der Waals surface area contributed by atoms with Crippen molar-refractivity contribution in [2.75, 3.05) is 0 Å². The summed E-state index contributed by atoms with van der Waals surface area (Å²) < 4.78 is 15.6. The van der Waals surface area contributed by atoms with E-state index in [2.05, 4.69) is 10.4 Å². The Morgan fingerprint density at radius 2 is 2.13 bits per heavy atom. The van der Waals surface area contributed by atoms with E-state index in [1.54, 1.807) is 25.4 Å². The number of rotatable bonds is 5. The van der Waals surface area contributed by atoms with Crippen molar-refractivity contribution in [3.8, 4) is 0 Å². The number of hydrogen-bond acceptors (Lipinski definition) is 3. The number of aliphatic hydroxyl groups excluding tert-OH is 1. The van der Waals surface area contributed by atoms with E-state index in [1.807, 2.05) is 13.8 Å². The number of hydrogen-bond donors (Lipinski definition) is 2. The third-order valence-electron chi connectivity index (χ3n) is 3.55. The van der Waals surface area contributed by atoms with Gasteiger partial charge >= 0.3 is 0 Å². The first kappa shape index (κ1) is 17.4. The number of carbonyl (C=O) groups excluding carboxylic acids is 1. The fourth-order valence-electron chi connectivity index (χ4n) is 2.32. The Kier molecular flexibility index (Phi) is 5.38. The highest BCUT2D eigenvalue weighted by Crippen LogP contribution is 2.27. The van der Waals surface area contributed by atoms with Gasteiger partial charge in [0.2, 0.25) is 0 Å². The average Bonchev–Trinajstić information content (AvgIpc) is 2.90.